The molecule has 0 N–H and O–H groups in total. The Morgan fingerprint density at radius 1 is 1.17 bits per heavy atom. The first-order valence-corrected chi connectivity index (χ1v) is 7.12. The van der Waals surface area contributed by atoms with Gasteiger partial charge in [-0.1, -0.05) is 12.1 Å². The van der Waals surface area contributed by atoms with Gasteiger partial charge in [0.05, 0.1) is 11.3 Å². The lowest BCUT2D eigenvalue weighted by molar-refractivity contribution is -0.137. The minimum atomic E-state index is -4.43. The molecule has 0 radical (unpaired) electrons. The minimum Gasteiger partial charge on any atom is -0.487 e. The second-order valence-corrected chi connectivity index (χ2v) is 5.28. The molecule has 1 aromatic carbocycles. The Morgan fingerprint density at radius 3 is 2.71 bits per heavy atom. The van der Waals surface area contributed by atoms with E-state index in [-0.39, 0.29) is 17.9 Å². The fourth-order valence-corrected chi connectivity index (χ4v) is 2.30. The standard InChI is InChI=1S/C17H13F3N2O2/c1-11-4-3-7-22-15(23)9-13(21-16(11)22)10-24-14-6-2-5-12(8-14)17(18,19)20/h2-9H,10H2,1H3. The van der Waals surface area contributed by atoms with Gasteiger partial charge in [-0.3, -0.25) is 9.20 Å². The molecule has 7 heteroatoms. The smallest absolute Gasteiger partial charge is 0.416 e. The third-order valence-corrected chi connectivity index (χ3v) is 3.49. The lowest BCUT2D eigenvalue weighted by atomic mass is 10.2. The van der Waals surface area contributed by atoms with Gasteiger partial charge in [-0.05, 0) is 36.8 Å². The van der Waals surface area contributed by atoms with Gasteiger partial charge in [0.2, 0.25) is 0 Å². The highest BCUT2D eigenvalue weighted by Crippen LogP contribution is 2.31. The molecular weight excluding hydrogens is 321 g/mol. The number of fused-ring (bicyclic) bond motifs is 1. The molecule has 124 valence electrons. The van der Waals surface area contributed by atoms with E-state index in [4.69, 9.17) is 4.74 Å². The third kappa shape index (κ3) is 3.24. The number of alkyl halides is 3. The summed E-state index contributed by atoms with van der Waals surface area (Å²) in [7, 11) is 0. The van der Waals surface area contributed by atoms with Crippen LogP contribution in [0.25, 0.3) is 5.65 Å². The quantitative estimate of drug-likeness (QED) is 0.735. The number of aryl methyl sites for hydroxylation is 1. The zero-order valence-electron chi connectivity index (χ0n) is 12.7. The first-order valence-electron chi connectivity index (χ1n) is 7.12. The molecule has 24 heavy (non-hydrogen) atoms. The van der Waals surface area contributed by atoms with Crippen LogP contribution >= 0.6 is 0 Å². The van der Waals surface area contributed by atoms with Crippen molar-refractivity contribution in [2.45, 2.75) is 19.7 Å². The van der Waals surface area contributed by atoms with Gasteiger partial charge in [-0.15, -0.1) is 0 Å². The normalized spacial score (nSPS) is 11.7. The maximum Gasteiger partial charge on any atom is 0.416 e. The molecule has 0 bridgehead atoms. The number of ether oxygens (including phenoxy) is 1. The average molecular weight is 334 g/mol. The number of halogens is 3. The molecule has 2 aromatic heterocycles. The van der Waals surface area contributed by atoms with E-state index in [0.717, 1.165) is 17.7 Å². The molecule has 0 aliphatic heterocycles. The van der Waals surface area contributed by atoms with Crippen molar-refractivity contribution < 1.29 is 17.9 Å². The van der Waals surface area contributed by atoms with E-state index >= 15 is 0 Å². The zero-order chi connectivity index (χ0) is 17.3. The van der Waals surface area contributed by atoms with Crippen LogP contribution in [0.2, 0.25) is 0 Å². The molecule has 0 amide bonds. The van der Waals surface area contributed by atoms with Gasteiger partial charge in [0, 0.05) is 12.3 Å². The lowest BCUT2D eigenvalue weighted by Crippen LogP contribution is -2.17. The van der Waals surface area contributed by atoms with Crippen LogP contribution in [0.5, 0.6) is 5.75 Å². The van der Waals surface area contributed by atoms with Gasteiger partial charge in [0.1, 0.15) is 18.0 Å². The van der Waals surface area contributed by atoms with Crippen molar-refractivity contribution in [2.75, 3.05) is 0 Å². The van der Waals surface area contributed by atoms with Gasteiger partial charge in [0.15, 0.2) is 0 Å². The number of aromatic nitrogens is 2. The molecule has 0 atom stereocenters. The summed E-state index contributed by atoms with van der Waals surface area (Å²) in [5.74, 6) is 0.0663. The summed E-state index contributed by atoms with van der Waals surface area (Å²) < 4.78 is 44.8. The van der Waals surface area contributed by atoms with Crippen molar-refractivity contribution in [3.05, 3.63) is 75.8 Å². The van der Waals surface area contributed by atoms with Crippen LogP contribution < -0.4 is 10.3 Å². The van der Waals surface area contributed by atoms with Gasteiger partial charge >= 0.3 is 6.18 Å². The Hall–Kier alpha value is -2.83. The maximum absolute atomic E-state index is 12.7. The van der Waals surface area contributed by atoms with E-state index in [1.807, 2.05) is 13.0 Å². The van der Waals surface area contributed by atoms with Crippen molar-refractivity contribution in [1.82, 2.24) is 9.38 Å². The summed E-state index contributed by atoms with van der Waals surface area (Å²) in [5, 5.41) is 0. The van der Waals surface area contributed by atoms with Crippen LogP contribution in [0.15, 0.2) is 53.5 Å². The molecular formula is C17H13F3N2O2. The van der Waals surface area contributed by atoms with Crippen LogP contribution in [0.3, 0.4) is 0 Å². The highest BCUT2D eigenvalue weighted by atomic mass is 19.4. The average Bonchev–Trinajstić information content (AvgIpc) is 2.53. The Morgan fingerprint density at radius 2 is 1.96 bits per heavy atom. The lowest BCUT2D eigenvalue weighted by Gasteiger charge is -2.10. The first-order chi connectivity index (χ1) is 11.3. The molecule has 0 aliphatic rings. The van der Waals surface area contributed by atoms with Crippen molar-refractivity contribution >= 4 is 5.65 Å². The SMILES string of the molecule is Cc1cccn2c(=O)cc(COc3cccc(C(F)(F)F)c3)nc12. The number of benzene rings is 1. The summed E-state index contributed by atoms with van der Waals surface area (Å²) in [6, 6.07) is 9.44. The van der Waals surface area contributed by atoms with E-state index in [1.54, 1.807) is 12.3 Å². The second kappa shape index (κ2) is 5.99. The molecule has 0 saturated heterocycles. The predicted octanol–water partition coefficient (Wildman–Crippen LogP) is 3.60. The summed E-state index contributed by atoms with van der Waals surface area (Å²) in [4.78, 5) is 16.4. The summed E-state index contributed by atoms with van der Waals surface area (Å²) >= 11 is 0. The summed E-state index contributed by atoms with van der Waals surface area (Å²) in [5.41, 5.74) is 0.601. The van der Waals surface area contributed by atoms with Crippen LogP contribution in [0.1, 0.15) is 16.8 Å². The largest absolute Gasteiger partial charge is 0.487 e. The van der Waals surface area contributed by atoms with Crippen LogP contribution in [0.4, 0.5) is 13.2 Å². The number of hydrogen-bond donors (Lipinski definition) is 0. The molecule has 0 unspecified atom stereocenters. The van der Waals surface area contributed by atoms with E-state index in [9.17, 15) is 18.0 Å². The Bertz CT molecular complexity index is 948. The fraction of sp³-hybridized carbons (Fsp3) is 0.176. The molecule has 3 aromatic rings. The molecule has 0 saturated carbocycles. The van der Waals surface area contributed by atoms with Crippen molar-refractivity contribution in [2.24, 2.45) is 0 Å². The van der Waals surface area contributed by atoms with E-state index < -0.39 is 11.7 Å². The fourth-order valence-electron chi connectivity index (χ4n) is 2.30. The third-order valence-electron chi connectivity index (χ3n) is 3.49. The summed E-state index contributed by atoms with van der Waals surface area (Å²) in [6.07, 6.45) is -2.83. The van der Waals surface area contributed by atoms with E-state index in [1.165, 1.54) is 22.6 Å². The van der Waals surface area contributed by atoms with Crippen molar-refractivity contribution in [3.63, 3.8) is 0 Å². The minimum absolute atomic E-state index is 0.0663. The summed E-state index contributed by atoms with van der Waals surface area (Å²) in [6.45, 7) is 1.72. The molecule has 4 nitrogen and oxygen atoms in total. The van der Waals surface area contributed by atoms with Crippen LogP contribution in [0, 0.1) is 6.92 Å². The number of hydrogen-bond acceptors (Lipinski definition) is 3. The van der Waals surface area contributed by atoms with Crippen molar-refractivity contribution in [1.29, 1.82) is 0 Å². The second-order valence-electron chi connectivity index (χ2n) is 5.28. The molecule has 2 heterocycles. The Kier molecular flexibility index (Phi) is 4.01. The molecule has 0 spiro atoms. The zero-order valence-corrected chi connectivity index (χ0v) is 12.7. The monoisotopic (exact) mass is 334 g/mol. The Balaban J connectivity index is 1.86. The van der Waals surface area contributed by atoms with E-state index in [0.29, 0.717) is 11.3 Å². The number of pyridine rings is 1. The topological polar surface area (TPSA) is 43.6 Å². The van der Waals surface area contributed by atoms with Gasteiger partial charge in [0.25, 0.3) is 5.56 Å². The maximum atomic E-state index is 12.7. The van der Waals surface area contributed by atoms with Gasteiger partial charge < -0.3 is 4.74 Å². The van der Waals surface area contributed by atoms with Crippen LogP contribution in [-0.4, -0.2) is 9.38 Å². The molecule has 3 rings (SSSR count). The highest BCUT2D eigenvalue weighted by molar-refractivity contribution is 5.46. The number of nitrogens with zero attached hydrogens (tertiary/aromatic N) is 2. The van der Waals surface area contributed by atoms with Crippen LogP contribution in [-0.2, 0) is 12.8 Å². The highest BCUT2D eigenvalue weighted by Gasteiger charge is 2.30. The van der Waals surface area contributed by atoms with Gasteiger partial charge in [-0.2, -0.15) is 13.2 Å². The first kappa shape index (κ1) is 16.0. The Labute approximate surface area is 135 Å². The van der Waals surface area contributed by atoms with Crippen molar-refractivity contribution in [3.8, 4) is 5.75 Å². The van der Waals surface area contributed by atoms with Gasteiger partial charge in [-0.25, -0.2) is 4.98 Å². The molecule has 0 aliphatic carbocycles. The van der Waals surface area contributed by atoms with E-state index in [2.05, 4.69) is 4.98 Å². The molecule has 0 fully saturated rings. The predicted molar refractivity (Wildman–Crippen MR) is 82.0 cm³/mol. The number of rotatable bonds is 3.